The Hall–Kier alpha value is -2.32. The number of allylic oxidation sites excluding steroid dienone is 2. The van der Waals surface area contributed by atoms with E-state index in [-0.39, 0.29) is 5.75 Å². The summed E-state index contributed by atoms with van der Waals surface area (Å²) in [5.74, 6) is 0.0640. The molecule has 1 N–H and O–H groups in total. The lowest BCUT2D eigenvalue weighted by Gasteiger charge is -2.09. The lowest BCUT2D eigenvalue weighted by Crippen LogP contribution is -1.92. The van der Waals surface area contributed by atoms with Crippen LogP contribution in [-0.2, 0) is 0 Å². The van der Waals surface area contributed by atoms with E-state index in [0.717, 1.165) is 16.7 Å². The molecule has 0 radical (unpaired) electrons. The van der Waals surface area contributed by atoms with Gasteiger partial charge < -0.3 is 5.11 Å². The van der Waals surface area contributed by atoms with Crippen LogP contribution < -0.4 is 0 Å². The molecule has 1 aromatic carbocycles. The molecule has 0 amide bonds. The SMILES string of the molecule is C=Cc1ccccc1/C=C(\C)C(=C)c1nc(Cl)ccc1O. The summed E-state index contributed by atoms with van der Waals surface area (Å²) in [6, 6.07) is 11.0. The highest BCUT2D eigenvalue weighted by atomic mass is 35.5. The van der Waals surface area contributed by atoms with Gasteiger partial charge in [0.05, 0.1) is 0 Å². The second-order valence-corrected chi connectivity index (χ2v) is 5.03. The minimum Gasteiger partial charge on any atom is -0.506 e. The number of rotatable bonds is 4. The zero-order valence-corrected chi connectivity index (χ0v) is 12.6. The zero-order valence-electron chi connectivity index (χ0n) is 11.8. The van der Waals surface area contributed by atoms with Crippen molar-refractivity contribution in [3.05, 3.63) is 77.1 Å². The van der Waals surface area contributed by atoms with Crippen LogP contribution in [0, 0.1) is 0 Å². The average Bonchev–Trinajstić information content (AvgIpc) is 2.49. The molecule has 0 saturated heterocycles. The second kappa shape index (κ2) is 6.42. The molecule has 2 rings (SSSR count). The Kier molecular flexibility index (Phi) is 4.61. The van der Waals surface area contributed by atoms with Crippen LogP contribution in [-0.4, -0.2) is 10.1 Å². The predicted octanol–water partition coefficient (Wildman–Crippen LogP) is 5.20. The number of nitrogens with zero attached hydrogens (tertiary/aromatic N) is 1. The Labute approximate surface area is 129 Å². The molecule has 1 heterocycles. The lowest BCUT2D eigenvalue weighted by atomic mass is 9.99. The van der Waals surface area contributed by atoms with E-state index in [1.807, 2.05) is 37.3 Å². The number of hydrogen-bond acceptors (Lipinski definition) is 2. The number of aromatic nitrogens is 1. The molecule has 0 spiro atoms. The lowest BCUT2D eigenvalue weighted by molar-refractivity contribution is 0.470. The van der Waals surface area contributed by atoms with Gasteiger partial charge in [0.15, 0.2) is 0 Å². The first-order chi connectivity index (χ1) is 10.0. The van der Waals surface area contributed by atoms with Crippen molar-refractivity contribution >= 4 is 29.3 Å². The predicted molar refractivity (Wildman–Crippen MR) is 90.1 cm³/mol. The van der Waals surface area contributed by atoms with Gasteiger partial charge in [-0.3, -0.25) is 0 Å². The highest BCUT2D eigenvalue weighted by molar-refractivity contribution is 6.29. The van der Waals surface area contributed by atoms with Crippen LogP contribution >= 0.6 is 11.6 Å². The molecule has 106 valence electrons. The molecular formula is C18H16ClNO. The van der Waals surface area contributed by atoms with E-state index >= 15 is 0 Å². The van der Waals surface area contributed by atoms with Crippen molar-refractivity contribution in [3.63, 3.8) is 0 Å². The normalized spacial score (nSPS) is 11.2. The fourth-order valence-corrected chi connectivity index (χ4v) is 2.13. The van der Waals surface area contributed by atoms with Gasteiger partial charge in [0, 0.05) is 0 Å². The Balaban J connectivity index is 2.41. The van der Waals surface area contributed by atoms with E-state index in [1.54, 1.807) is 12.1 Å². The minimum absolute atomic E-state index is 0.0640. The van der Waals surface area contributed by atoms with Crippen molar-refractivity contribution in [2.45, 2.75) is 6.92 Å². The van der Waals surface area contributed by atoms with Gasteiger partial charge in [0.1, 0.15) is 16.6 Å². The molecule has 0 bridgehead atoms. The van der Waals surface area contributed by atoms with Crippen LogP contribution in [0.1, 0.15) is 23.7 Å². The van der Waals surface area contributed by atoms with E-state index in [1.165, 1.54) is 6.07 Å². The maximum absolute atomic E-state index is 9.90. The number of pyridine rings is 1. The third kappa shape index (κ3) is 3.41. The molecule has 3 heteroatoms. The van der Waals surface area contributed by atoms with Crippen LogP contribution in [0.25, 0.3) is 17.7 Å². The van der Waals surface area contributed by atoms with Crippen LogP contribution in [0.5, 0.6) is 5.75 Å². The third-order valence-corrected chi connectivity index (χ3v) is 3.40. The fourth-order valence-electron chi connectivity index (χ4n) is 1.99. The molecule has 2 aromatic rings. The molecule has 1 aromatic heterocycles. The fraction of sp³-hybridized carbons (Fsp3) is 0.0556. The first-order valence-corrected chi connectivity index (χ1v) is 6.85. The van der Waals surface area contributed by atoms with E-state index in [9.17, 15) is 5.11 Å². The zero-order chi connectivity index (χ0) is 15.4. The van der Waals surface area contributed by atoms with E-state index < -0.39 is 0 Å². The molecule has 0 aliphatic rings. The molecule has 0 fully saturated rings. The Morgan fingerprint density at radius 3 is 2.52 bits per heavy atom. The molecule has 0 atom stereocenters. The minimum atomic E-state index is 0.0640. The van der Waals surface area contributed by atoms with Gasteiger partial charge >= 0.3 is 0 Å². The monoisotopic (exact) mass is 297 g/mol. The van der Waals surface area contributed by atoms with Gasteiger partial charge in [-0.05, 0) is 41.3 Å². The van der Waals surface area contributed by atoms with Gasteiger partial charge in [0.25, 0.3) is 0 Å². The van der Waals surface area contributed by atoms with E-state index in [2.05, 4.69) is 18.1 Å². The van der Waals surface area contributed by atoms with Crippen LogP contribution in [0.15, 0.2) is 55.1 Å². The van der Waals surface area contributed by atoms with Crippen molar-refractivity contribution in [1.29, 1.82) is 0 Å². The summed E-state index contributed by atoms with van der Waals surface area (Å²) in [7, 11) is 0. The maximum Gasteiger partial charge on any atom is 0.141 e. The number of aromatic hydroxyl groups is 1. The molecular weight excluding hydrogens is 282 g/mol. The first kappa shape index (κ1) is 15.1. The van der Waals surface area contributed by atoms with Crippen molar-refractivity contribution in [2.75, 3.05) is 0 Å². The molecule has 0 saturated carbocycles. The highest BCUT2D eigenvalue weighted by Crippen LogP contribution is 2.29. The average molecular weight is 298 g/mol. The van der Waals surface area contributed by atoms with E-state index in [0.29, 0.717) is 16.4 Å². The topological polar surface area (TPSA) is 33.1 Å². The van der Waals surface area contributed by atoms with Gasteiger partial charge in [-0.15, -0.1) is 0 Å². The highest BCUT2D eigenvalue weighted by Gasteiger charge is 2.10. The van der Waals surface area contributed by atoms with Gasteiger partial charge in [-0.2, -0.15) is 0 Å². The summed E-state index contributed by atoms with van der Waals surface area (Å²) >= 11 is 5.88. The Morgan fingerprint density at radius 1 is 1.19 bits per heavy atom. The summed E-state index contributed by atoms with van der Waals surface area (Å²) in [6.45, 7) is 9.73. The van der Waals surface area contributed by atoms with Crippen LogP contribution in [0.4, 0.5) is 0 Å². The Bertz CT molecular complexity index is 732. The summed E-state index contributed by atoms with van der Waals surface area (Å²) in [6.07, 6.45) is 3.79. The van der Waals surface area contributed by atoms with Crippen molar-refractivity contribution in [2.24, 2.45) is 0 Å². The molecule has 0 aliphatic carbocycles. The standard InChI is InChI=1S/C18H16ClNO/c1-4-14-7-5-6-8-15(14)11-12(2)13(3)18-16(21)9-10-17(19)20-18/h4-11,21H,1,3H2,2H3/b12-11+. The van der Waals surface area contributed by atoms with Crippen LogP contribution in [0.2, 0.25) is 5.15 Å². The Morgan fingerprint density at radius 2 is 1.86 bits per heavy atom. The third-order valence-electron chi connectivity index (χ3n) is 3.19. The second-order valence-electron chi connectivity index (χ2n) is 4.64. The molecule has 2 nitrogen and oxygen atoms in total. The summed E-state index contributed by atoms with van der Waals surface area (Å²) in [5, 5.41) is 10.2. The summed E-state index contributed by atoms with van der Waals surface area (Å²) in [5.41, 5.74) is 4.00. The van der Waals surface area contributed by atoms with Crippen molar-refractivity contribution < 1.29 is 5.11 Å². The van der Waals surface area contributed by atoms with E-state index in [4.69, 9.17) is 11.6 Å². The van der Waals surface area contributed by atoms with Crippen molar-refractivity contribution in [1.82, 2.24) is 4.98 Å². The quantitative estimate of drug-likeness (QED) is 0.621. The van der Waals surface area contributed by atoms with Crippen LogP contribution in [0.3, 0.4) is 0 Å². The molecule has 21 heavy (non-hydrogen) atoms. The summed E-state index contributed by atoms with van der Waals surface area (Å²) < 4.78 is 0. The smallest absolute Gasteiger partial charge is 0.141 e. The first-order valence-electron chi connectivity index (χ1n) is 6.48. The maximum atomic E-state index is 9.90. The van der Waals surface area contributed by atoms with Gasteiger partial charge in [0.2, 0.25) is 0 Å². The van der Waals surface area contributed by atoms with Gasteiger partial charge in [-0.25, -0.2) is 4.98 Å². The van der Waals surface area contributed by atoms with Crippen molar-refractivity contribution in [3.8, 4) is 5.75 Å². The summed E-state index contributed by atoms with van der Waals surface area (Å²) in [4.78, 5) is 4.13. The number of benzene rings is 1. The number of hydrogen-bond donors (Lipinski definition) is 1. The largest absolute Gasteiger partial charge is 0.506 e. The van der Waals surface area contributed by atoms with Gasteiger partial charge in [-0.1, -0.05) is 61.2 Å². The number of halogens is 1. The molecule has 0 unspecified atom stereocenters. The molecule has 0 aliphatic heterocycles.